The van der Waals surface area contributed by atoms with Gasteiger partial charge in [0.1, 0.15) is 5.75 Å². The summed E-state index contributed by atoms with van der Waals surface area (Å²) in [4.78, 5) is 13.1. The largest absolute Gasteiger partial charge is 0.508 e. The molecule has 0 atom stereocenters. The van der Waals surface area contributed by atoms with Crippen LogP contribution in [0.15, 0.2) is 78.9 Å². The van der Waals surface area contributed by atoms with Crippen molar-refractivity contribution in [2.75, 3.05) is 5.32 Å². The lowest BCUT2D eigenvalue weighted by molar-refractivity contribution is 0.102. The van der Waals surface area contributed by atoms with E-state index >= 15 is 0 Å². The van der Waals surface area contributed by atoms with Crippen LogP contribution in [0.4, 0.5) is 5.69 Å². The summed E-state index contributed by atoms with van der Waals surface area (Å²) in [5, 5.41) is 13.0. The van der Waals surface area contributed by atoms with Gasteiger partial charge in [-0.3, -0.25) is 4.79 Å². The molecule has 1 aliphatic carbocycles. The predicted molar refractivity (Wildman–Crippen MR) is 132 cm³/mol. The molecule has 0 bridgehead atoms. The molecule has 4 aromatic rings. The summed E-state index contributed by atoms with van der Waals surface area (Å²) in [7, 11) is 0. The molecule has 1 aliphatic rings. The Labute approximate surface area is 192 Å². The van der Waals surface area contributed by atoms with E-state index < -0.39 is 0 Å². The zero-order valence-electron chi connectivity index (χ0n) is 17.7. The smallest absolute Gasteiger partial charge is 0.255 e. The third-order valence-electron chi connectivity index (χ3n) is 5.89. The number of hydrogen-bond donors (Lipinski definition) is 2. The monoisotopic (exact) mass is 425 g/mol. The number of hydrogen-bond acceptors (Lipinski definition) is 2. The second-order valence-electron chi connectivity index (χ2n) is 7.98. The molecule has 0 fully saturated rings. The van der Waals surface area contributed by atoms with Crippen LogP contribution in [0.25, 0.3) is 22.3 Å². The predicted octanol–water partition coefficient (Wildman–Crippen LogP) is 5.85. The van der Waals surface area contributed by atoms with Crippen molar-refractivity contribution in [2.24, 2.45) is 0 Å². The zero-order valence-corrected chi connectivity index (χ0v) is 17.7. The normalized spacial score (nSPS) is 11.1. The Kier molecular flexibility index (Phi) is 4.94. The zero-order chi connectivity index (χ0) is 22.9. The van der Waals surface area contributed by atoms with Crippen molar-refractivity contribution in [1.82, 2.24) is 0 Å². The molecule has 3 nitrogen and oxygen atoms in total. The lowest BCUT2D eigenvalue weighted by Crippen LogP contribution is -2.13. The Bertz CT molecular complexity index is 1480. The molecule has 0 radical (unpaired) electrons. The van der Waals surface area contributed by atoms with E-state index in [0.717, 1.165) is 17.5 Å². The Balaban J connectivity index is 1.54. The van der Waals surface area contributed by atoms with Crippen LogP contribution in [0.1, 0.15) is 32.6 Å². The van der Waals surface area contributed by atoms with Gasteiger partial charge in [0, 0.05) is 28.3 Å². The first kappa shape index (κ1) is 20.2. The molecule has 0 unspecified atom stereocenters. The summed E-state index contributed by atoms with van der Waals surface area (Å²) >= 11 is 0. The fourth-order valence-electron chi connectivity index (χ4n) is 4.30. The number of carbonyl (C=O) groups is 1. The Morgan fingerprint density at radius 3 is 2.27 bits per heavy atom. The van der Waals surface area contributed by atoms with Crippen LogP contribution in [0.3, 0.4) is 0 Å². The van der Waals surface area contributed by atoms with Crippen LogP contribution in [0.2, 0.25) is 0 Å². The van der Waals surface area contributed by atoms with Crippen LogP contribution < -0.4 is 5.32 Å². The number of anilines is 1. The van der Waals surface area contributed by atoms with Crippen molar-refractivity contribution < 1.29 is 9.90 Å². The number of rotatable bonds is 3. The molecule has 0 aliphatic heterocycles. The number of nitrogens with one attached hydrogen (secondary N) is 1. The number of fused-ring (bicyclic) bond motifs is 3. The highest BCUT2D eigenvalue weighted by atomic mass is 16.3. The molecule has 5 rings (SSSR count). The number of carbonyl (C=O) groups excluding carboxylic acids is 1. The number of amides is 1. The van der Waals surface area contributed by atoms with E-state index in [1.54, 1.807) is 36.4 Å². The van der Waals surface area contributed by atoms with E-state index in [1.807, 2.05) is 12.1 Å². The molecule has 0 spiro atoms. The molecule has 33 heavy (non-hydrogen) atoms. The molecule has 0 heterocycles. The first-order valence-corrected chi connectivity index (χ1v) is 10.5. The van der Waals surface area contributed by atoms with Gasteiger partial charge in [-0.2, -0.15) is 0 Å². The van der Waals surface area contributed by atoms with Crippen molar-refractivity contribution in [2.45, 2.75) is 6.42 Å². The van der Waals surface area contributed by atoms with Gasteiger partial charge in [-0.05, 0) is 70.6 Å². The molecular weight excluding hydrogens is 406 g/mol. The second kappa shape index (κ2) is 8.08. The third kappa shape index (κ3) is 3.74. The highest BCUT2D eigenvalue weighted by Gasteiger charge is 2.19. The molecule has 2 N–H and O–H groups in total. The molecule has 0 aromatic heterocycles. The number of terminal acetylenes is 2. The minimum atomic E-state index is -0.359. The summed E-state index contributed by atoms with van der Waals surface area (Å²) in [6.45, 7) is 0. The summed E-state index contributed by atoms with van der Waals surface area (Å²) in [5.74, 6) is 4.75. The van der Waals surface area contributed by atoms with Gasteiger partial charge in [-0.1, -0.05) is 48.2 Å². The van der Waals surface area contributed by atoms with Gasteiger partial charge in [0.2, 0.25) is 0 Å². The molecule has 156 valence electrons. The lowest BCUT2D eigenvalue weighted by Gasteiger charge is -2.14. The van der Waals surface area contributed by atoms with Crippen molar-refractivity contribution in [3.8, 4) is 52.7 Å². The van der Waals surface area contributed by atoms with Crippen LogP contribution in [-0.2, 0) is 6.42 Å². The highest BCUT2D eigenvalue weighted by Crippen LogP contribution is 2.40. The molecule has 3 heteroatoms. The van der Waals surface area contributed by atoms with Crippen molar-refractivity contribution >= 4 is 11.6 Å². The first-order valence-electron chi connectivity index (χ1n) is 10.5. The van der Waals surface area contributed by atoms with E-state index in [1.165, 1.54) is 22.3 Å². The quantitative estimate of drug-likeness (QED) is 0.357. The van der Waals surface area contributed by atoms with Gasteiger partial charge in [-0.15, -0.1) is 12.8 Å². The second-order valence-corrected chi connectivity index (χ2v) is 7.98. The van der Waals surface area contributed by atoms with Gasteiger partial charge in [0.25, 0.3) is 5.91 Å². The lowest BCUT2D eigenvalue weighted by atomic mass is 9.97. The fourth-order valence-corrected chi connectivity index (χ4v) is 4.30. The van der Waals surface area contributed by atoms with Gasteiger partial charge in [-0.25, -0.2) is 0 Å². The Hall–Kier alpha value is -4.73. The van der Waals surface area contributed by atoms with Crippen LogP contribution in [0, 0.1) is 24.7 Å². The van der Waals surface area contributed by atoms with E-state index in [9.17, 15) is 9.90 Å². The van der Waals surface area contributed by atoms with E-state index in [0.29, 0.717) is 22.4 Å². The average Bonchev–Trinajstić information content (AvgIpc) is 3.21. The minimum Gasteiger partial charge on any atom is -0.508 e. The Morgan fingerprint density at radius 2 is 1.52 bits per heavy atom. The standard InChI is InChI=1S/C30H19NO2/c1-3-19-13-20(4-2)15-24(14-19)30(33)31-29-18-25(32)11-12-27(29)23-10-9-22-16-21-7-5-6-8-26(21)28(22)17-23/h1-2,5-15,17-18,32H,16H2,(H,31,33). The van der Waals surface area contributed by atoms with Crippen LogP contribution in [0.5, 0.6) is 5.75 Å². The van der Waals surface area contributed by atoms with Crippen molar-refractivity contribution in [3.63, 3.8) is 0 Å². The van der Waals surface area contributed by atoms with E-state index in [4.69, 9.17) is 12.8 Å². The highest BCUT2D eigenvalue weighted by molar-refractivity contribution is 6.07. The van der Waals surface area contributed by atoms with Gasteiger partial charge < -0.3 is 10.4 Å². The molecule has 1 amide bonds. The molecule has 4 aromatic carbocycles. The van der Waals surface area contributed by atoms with Crippen LogP contribution >= 0.6 is 0 Å². The molecule has 0 saturated heterocycles. The first-order chi connectivity index (χ1) is 16.1. The minimum absolute atomic E-state index is 0.0576. The third-order valence-corrected chi connectivity index (χ3v) is 5.89. The summed E-state index contributed by atoms with van der Waals surface area (Å²) in [6, 6.07) is 24.6. The number of phenolic OH excluding ortho intramolecular Hbond substituents is 1. The Morgan fingerprint density at radius 1 is 0.788 bits per heavy atom. The number of phenols is 1. The number of aromatic hydroxyl groups is 1. The molecular formula is C30H19NO2. The average molecular weight is 425 g/mol. The molecule has 0 saturated carbocycles. The summed E-state index contributed by atoms with van der Waals surface area (Å²) in [6.07, 6.45) is 11.9. The maximum Gasteiger partial charge on any atom is 0.255 e. The maximum absolute atomic E-state index is 13.1. The van der Waals surface area contributed by atoms with Crippen molar-refractivity contribution in [1.29, 1.82) is 0 Å². The number of benzene rings is 4. The van der Waals surface area contributed by atoms with Gasteiger partial charge in [0.05, 0.1) is 5.69 Å². The van der Waals surface area contributed by atoms with Gasteiger partial charge >= 0.3 is 0 Å². The maximum atomic E-state index is 13.1. The van der Waals surface area contributed by atoms with Gasteiger partial charge in [0.15, 0.2) is 0 Å². The topological polar surface area (TPSA) is 49.3 Å². The van der Waals surface area contributed by atoms with E-state index in [2.05, 4.69) is 47.5 Å². The summed E-state index contributed by atoms with van der Waals surface area (Å²) in [5.41, 5.74) is 8.67. The SMILES string of the molecule is C#Cc1cc(C#C)cc(C(=O)Nc2cc(O)ccc2-c2ccc3c(c2)-c2ccccc2C3)c1. The van der Waals surface area contributed by atoms with E-state index in [-0.39, 0.29) is 11.7 Å². The summed E-state index contributed by atoms with van der Waals surface area (Å²) < 4.78 is 0. The van der Waals surface area contributed by atoms with Crippen molar-refractivity contribution in [3.05, 3.63) is 107 Å². The fraction of sp³-hybridized carbons (Fsp3) is 0.0333. The van der Waals surface area contributed by atoms with Crippen LogP contribution in [-0.4, -0.2) is 11.0 Å².